The maximum atomic E-state index is 11.9. The maximum Gasteiger partial charge on any atom is 0.271 e. The van der Waals surface area contributed by atoms with Gasteiger partial charge in [-0.2, -0.15) is 0 Å². The van der Waals surface area contributed by atoms with Crippen molar-refractivity contribution in [3.8, 4) is 11.3 Å². The molecular weight excluding hydrogens is 242 g/mol. The summed E-state index contributed by atoms with van der Waals surface area (Å²) in [5.41, 5.74) is 9.73. The molecular formula is C13H15N5O. The van der Waals surface area contributed by atoms with Gasteiger partial charge in [-0.05, 0) is 19.1 Å². The average molecular weight is 257 g/mol. The summed E-state index contributed by atoms with van der Waals surface area (Å²) in [6, 6.07) is 5.84. The van der Waals surface area contributed by atoms with Crippen LogP contribution in [0.2, 0.25) is 0 Å². The average Bonchev–Trinajstić information content (AvgIpc) is 2.89. The van der Waals surface area contributed by atoms with Gasteiger partial charge in [0.1, 0.15) is 5.82 Å². The lowest BCUT2D eigenvalue weighted by atomic mass is 10.1. The van der Waals surface area contributed by atoms with Crippen molar-refractivity contribution in [3.05, 3.63) is 39.9 Å². The number of aryl methyl sites for hydroxylation is 2. The molecule has 0 unspecified atom stereocenters. The van der Waals surface area contributed by atoms with Crippen molar-refractivity contribution in [2.75, 3.05) is 0 Å². The molecule has 0 fully saturated rings. The highest BCUT2D eigenvalue weighted by molar-refractivity contribution is 5.81. The van der Waals surface area contributed by atoms with Gasteiger partial charge in [0.2, 0.25) is 0 Å². The van der Waals surface area contributed by atoms with Crippen molar-refractivity contribution < 1.29 is 0 Å². The van der Waals surface area contributed by atoms with Crippen LogP contribution in [0.5, 0.6) is 0 Å². The van der Waals surface area contributed by atoms with Gasteiger partial charge in [-0.3, -0.25) is 14.6 Å². The number of nitrogens with two attached hydrogens (primary N) is 1. The highest BCUT2D eigenvalue weighted by Gasteiger charge is 2.13. The topological polar surface area (TPSA) is 92.5 Å². The number of H-pyrrole nitrogens is 2. The van der Waals surface area contributed by atoms with Crippen LogP contribution in [0.3, 0.4) is 0 Å². The second-order valence-electron chi connectivity index (χ2n) is 4.59. The predicted octanol–water partition coefficient (Wildman–Crippen LogP) is 1.02. The Bertz CT molecular complexity index is 808. The van der Waals surface area contributed by atoms with Crippen LogP contribution in [0.1, 0.15) is 11.4 Å². The molecule has 3 aromatic rings. The molecule has 2 heterocycles. The van der Waals surface area contributed by atoms with Crippen molar-refractivity contribution in [1.29, 1.82) is 0 Å². The first-order valence-corrected chi connectivity index (χ1v) is 6.05. The zero-order valence-corrected chi connectivity index (χ0v) is 10.8. The van der Waals surface area contributed by atoms with E-state index in [2.05, 4.69) is 15.1 Å². The number of aromatic nitrogens is 4. The minimum Gasteiger partial charge on any atom is -0.342 e. The molecule has 3 rings (SSSR count). The van der Waals surface area contributed by atoms with E-state index in [0.717, 1.165) is 28.1 Å². The normalized spacial score (nSPS) is 11.3. The molecule has 4 N–H and O–H groups in total. The number of nitrogens with zero attached hydrogens (tertiary/aromatic N) is 2. The van der Waals surface area contributed by atoms with Gasteiger partial charge in [0, 0.05) is 19.2 Å². The standard InChI is InChI=1S/C13H15N5O/c1-7-15-10-4-3-8(5-11(10)16-7)12-9(6-14)13(19)18(2)17-12/h3-5,17H,6,14H2,1-2H3,(H,15,16). The Morgan fingerprint density at radius 2 is 2.21 bits per heavy atom. The number of imidazole rings is 1. The van der Waals surface area contributed by atoms with Crippen LogP contribution in [0.25, 0.3) is 22.3 Å². The predicted molar refractivity (Wildman–Crippen MR) is 73.7 cm³/mol. The lowest BCUT2D eigenvalue weighted by Crippen LogP contribution is -2.17. The van der Waals surface area contributed by atoms with E-state index < -0.39 is 0 Å². The van der Waals surface area contributed by atoms with E-state index in [9.17, 15) is 4.79 Å². The summed E-state index contributed by atoms with van der Waals surface area (Å²) in [6.07, 6.45) is 0. The molecule has 6 heteroatoms. The molecule has 2 aromatic heterocycles. The first kappa shape index (κ1) is 11.7. The fourth-order valence-corrected chi connectivity index (χ4v) is 2.32. The minimum absolute atomic E-state index is 0.0848. The van der Waals surface area contributed by atoms with Crippen LogP contribution < -0.4 is 11.3 Å². The summed E-state index contributed by atoms with van der Waals surface area (Å²) in [7, 11) is 1.68. The summed E-state index contributed by atoms with van der Waals surface area (Å²) in [5.74, 6) is 0.868. The van der Waals surface area contributed by atoms with Gasteiger partial charge in [0.05, 0.1) is 22.3 Å². The minimum atomic E-state index is -0.0848. The van der Waals surface area contributed by atoms with Crippen LogP contribution in [0.15, 0.2) is 23.0 Å². The van der Waals surface area contributed by atoms with Gasteiger partial charge in [0.25, 0.3) is 5.56 Å². The van der Waals surface area contributed by atoms with E-state index in [4.69, 9.17) is 5.73 Å². The summed E-state index contributed by atoms with van der Waals surface area (Å²) < 4.78 is 1.44. The maximum absolute atomic E-state index is 11.9. The highest BCUT2D eigenvalue weighted by Crippen LogP contribution is 2.23. The molecule has 19 heavy (non-hydrogen) atoms. The number of nitrogens with one attached hydrogen (secondary N) is 2. The largest absolute Gasteiger partial charge is 0.342 e. The Balaban J connectivity index is 2.23. The van der Waals surface area contributed by atoms with Crippen molar-refractivity contribution in [3.63, 3.8) is 0 Å². The van der Waals surface area contributed by atoms with Crippen LogP contribution >= 0.6 is 0 Å². The fourth-order valence-electron chi connectivity index (χ4n) is 2.32. The Morgan fingerprint density at radius 1 is 1.42 bits per heavy atom. The highest BCUT2D eigenvalue weighted by atomic mass is 16.1. The molecule has 0 saturated carbocycles. The van der Waals surface area contributed by atoms with Gasteiger partial charge >= 0.3 is 0 Å². The zero-order valence-electron chi connectivity index (χ0n) is 10.8. The second kappa shape index (κ2) is 4.10. The number of fused-ring (bicyclic) bond motifs is 1. The third-order valence-corrected chi connectivity index (χ3v) is 3.24. The van der Waals surface area contributed by atoms with E-state index in [-0.39, 0.29) is 12.1 Å². The zero-order chi connectivity index (χ0) is 13.6. The van der Waals surface area contributed by atoms with Gasteiger partial charge in [-0.15, -0.1) is 0 Å². The van der Waals surface area contributed by atoms with Crippen LogP contribution in [-0.4, -0.2) is 19.7 Å². The third kappa shape index (κ3) is 1.77. The summed E-state index contributed by atoms with van der Waals surface area (Å²) in [5, 5.41) is 3.04. The first-order valence-electron chi connectivity index (χ1n) is 6.05. The molecule has 0 aliphatic heterocycles. The van der Waals surface area contributed by atoms with Crippen molar-refractivity contribution in [2.45, 2.75) is 13.5 Å². The van der Waals surface area contributed by atoms with E-state index in [1.165, 1.54) is 4.68 Å². The smallest absolute Gasteiger partial charge is 0.271 e. The number of rotatable bonds is 2. The molecule has 0 saturated heterocycles. The van der Waals surface area contributed by atoms with E-state index in [1.807, 2.05) is 25.1 Å². The third-order valence-electron chi connectivity index (χ3n) is 3.24. The summed E-state index contributed by atoms with van der Waals surface area (Å²) in [6.45, 7) is 2.13. The SMILES string of the molecule is Cc1nc2ccc(-c3[nH]n(C)c(=O)c3CN)cc2[nH]1. The van der Waals surface area contributed by atoms with Gasteiger partial charge in [-0.25, -0.2) is 4.98 Å². The van der Waals surface area contributed by atoms with Crippen LogP contribution in [0, 0.1) is 6.92 Å². The molecule has 0 aliphatic rings. The summed E-state index contributed by atoms with van der Waals surface area (Å²) >= 11 is 0. The molecule has 1 aromatic carbocycles. The number of benzene rings is 1. The first-order chi connectivity index (χ1) is 9.10. The Morgan fingerprint density at radius 3 is 2.95 bits per heavy atom. The molecule has 0 atom stereocenters. The fraction of sp³-hybridized carbons (Fsp3) is 0.231. The Kier molecular flexibility index (Phi) is 2.53. The van der Waals surface area contributed by atoms with E-state index >= 15 is 0 Å². The lowest BCUT2D eigenvalue weighted by molar-refractivity contribution is 0.739. The molecule has 6 nitrogen and oxygen atoms in total. The van der Waals surface area contributed by atoms with Gasteiger partial charge < -0.3 is 10.7 Å². The monoisotopic (exact) mass is 257 g/mol. The summed E-state index contributed by atoms with van der Waals surface area (Å²) in [4.78, 5) is 19.4. The van der Waals surface area contributed by atoms with Gasteiger partial charge in [0.15, 0.2) is 0 Å². The lowest BCUT2D eigenvalue weighted by Gasteiger charge is -2.00. The van der Waals surface area contributed by atoms with Crippen LogP contribution in [0.4, 0.5) is 0 Å². The second-order valence-corrected chi connectivity index (χ2v) is 4.59. The number of aromatic amines is 2. The Labute approximate surface area is 109 Å². The molecule has 0 aliphatic carbocycles. The Hall–Kier alpha value is -2.34. The van der Waals surface area contributed by atoms with Crippen molar-refractivity contribution >= 4 is 11.0 Å². The van der Waals surface area contributed by atoms with Crippen molar-refractivity contribution in [1.82, 2.24) is 19.7 Å². The molecule has 0 amide bonds. The molecule has 98 valence electrons. The number of hydrogen-bond donors (Lipinski definition) is 3. The molecule has 0 bridgehead atoms. The molecule has 0 radical (unpaired) electrons. The number of hydrogen-bond acceptors (Lipinski definition) is 3. The van der Waals surface area contributed by atoms with Crippen molar-refractivity contribution in [2.24, 2.45) is 12.8 Å². The quantitative estimate of drug-likeness (QED) is 0.640. The van der Waals surface area contributed by atoms with Gasteiger partial charge in [-0.1, -0.05) is 6.07 Å². The van der Waals surface area contributed by atoms with Crippen LogP contribution in [-0.2, 0) is 13.6 Å². The van der Waals surface area contributed by atoms with E-state index in [1.54, 1.807) is 7.05 Å². The van der Waals surface area contributed by atoms with E-state index in [0.29, 0.717) is 5.56 Å². The molecule has 0 spiro atoms.